The lowest BCUT2D eigenvalue weighted by Gasteiger charge is -2.59. The first-order valence-electron chi connectivity index (χ1n) is 12.2. The molecular formula is C26H28N4O3. The summed E-state index contributed by atoms with van der Waals surface area (Å²) in [6.45, 7) is 0. The Hall–Kier alpha value is -2.80. The smallest absolute Gasteiger partial charge is 0.259 e. The van der Waals surface area contributed by atoms with Crippen molar-refractivity contribution < 1.29 is 14.1 Å². The number of ether oxygens (including phenoxy) is 1. The van der Waals surface area contributed by atoms with Gasteiger partial charge in [0, 0.05) is 37.0 Å². The standard InChI is InChI=1S/C26H28N4O3/c1-32-26-10-14-7-17(11-26)22(18(8-14)12-26)29-24(31)19-9-20(16-3-2-6-27-13-16)28-25-21(19)23(30-33-25)15-4-5-15/h2-3,6,9,13-15,17-18,22H,4-5,7-8,10-12H2,1H3,(H,29,31). The van der Waals surface area contributed by atoms with Crippen molar-refractivity contribution in [2.75, 3.05) is 7.11 Å². The highest BCUT2D eigenvalue weighted by molar-refractivity contribution is 6.07. The largest absolute Gasteiger partial charge is 0.378 e. The predicted molar refractivity (Wildman–Crippen MR) is 122 cm³/mol. The number of amides is 1. The Morgan fingerprint density at radius 3 is 2.73 bits per heavy atom. The van der Waals surface area contributed by atoms with E-state index in [0.717, 1.165) is 48.2 Å². The van der Waals surface area contributed by atoms with Gasteiger partial charge in [0.05, 0.1) is 27.9 Å². The van der Waals surface area contributed by atoms with Gasteiger partial charge in [0.1, 0.15) is 0 Å². The van der Waals surface area contributed by atoms with Crippen LogP contribution in [-0.2, 0) is 4.74 Å². The van der Waals surface area contributed by atoms with Crippen LogP contribution in [0.2, 0.25) is 0 Å². The van der Waals surface area contributed by atoms with E-state index in [1.165, 1.54) is 19.3 Å². The van der Waals surface area contributed by atoms with Gasteiger partial charge in [-0.2, -0.15) is 0 Å². The zero-order valence-corrected chi connectivity index (χ0v) is 18.8. The van der Waals surface area contributed by atoms with Crippen molar-refractivity contribution >= 4 is 17.0 Å². The maximum Gasteiger partial charge on any atom is 0.259 e. The van der Waals surface area contributed by atoms with Gasteiger partial charge in [-0.15, -0.1) is 0 Å². The van der Waals surface area contributed by atoms with Gasteiger partial charge < -0.3 is 14.6 Å². The van der Waals surface area contributed by atoms with Gasteiger partial charge >= 0.3 is 0 Å². The topological polar surface area (TPSA) is 90.1 Å². The molecule has 0 aromatic carbocycles. The summed E-state index contributed by atoms with van der Waals surface area (Å²) < 4.78 is 11.6. The first-order valence-corrected chi connectivity index (χ1v) is 12.2. The highest BCUT2D eigenvalue weighted by Gasteiger charge is 2.56. The highest BCUT2D eigenvalue weighted by atomic mass is 16.5. The van der Waals surface area contributed by atoms with E-state index in [2.05, 4.69) is 15.5 Å². The molecule has 0 aliphatic heterocycles. The zero-order chi connectivity index (χ0) is 22.2. The Morgan fingerprint density at radius 1 is 1.21 bits per heavy atom. The second-order valence-electron chi connectivity index (χ2n) is 10.7. The number of pyridine rings is 2. The molecule has 2 unspecified atom stereocenters. The van der Waals surface area contributed by atoms with Crippen molar-refractivity contribution in [3.63, 3.8) is 0 Å². The second kappa shape index (κ2) is 7.10. The predicted octanol–water partition coefficient (Wildman–Crippen LogP) is 4.49. The third-order valence-corrected chi connectivity index (χ3v) is 8.59. The summed E-state index contributed by atoms with van der Waals surface area (Å²) in [6.07, 6.45) is 11.3. The van der Waals surface area contributed by atoms with Crippen molar-refractivity contribution in [1.29, 1.82) is 0 Å². The highest BCUT2D eigenvalue weighted by Crippen LogP contribution is 2.57. The van der Waals surface area contributed by atoms with Crippen molar-refractivity contribution in [2.45, 2.75) is 62.5 Å². The molecule has 5 aliphatic rings. The molecule has 3 heterocycles. The SMILES string of the molecule is COC12CC3CC(C1)C(NC(=O)c1cc(-c4cccnc4)nc4onc(C5CC5)c14)C(C3)C2. The summed E-state index contributed by atoms with van der Waals surface area (Å²) in [5.74, 6) is 2.04. The van der Waals surface area contributed by atoms with E-state index in [4.69, 9.17) is 14.2 Å². The van der Waals surface area contributed by atoms with E-state index in [1.54, 1.807) is 12.4 Å². The van der Waals surface area contributed by atoms with Crippen molar-refractivity contribution in [3.8, 4) is 11.3 Å². The number of carbonyl (C=O) groups is 1. The van der Waals surface area contributed by atoms with Gasteiger partial charge in [0.25, 0.3) is 11.6 Å². The summed E-state index contributed by atoms with van der Waals surface area (Å²) in [7, 11) is 1.86. The molecule has 5 aliphatic carbocycles. The fourth-order valence-corrected chi connectivity index (χ4v) is 7.11. The molecule has 0 radical (unpaired) electrons. The minimum absolute atomic E-state index is 0.0305. The Labute approximate surface area is 192 Å². The van der Waals surface area contributed by atoms with Crippen molar-refractivity contribution in [3.05, 3.63) is 41.9 Å². The van der Waals surface area contributed by atoms with Crippen LogP contribution in [0.4, 0.5) is 0 Å². The van der Waals surface area contributed by atoms with Crippen LogP contribution in [0.15, 0.2) is 35.1 Å². The third-order valence-electron chi connectivity index (χ3n) is 8.59. The molecule has 0 spiro atoms. The molecule has 5 saturated carbocycles. The summed E-state index contributed by atoms with van der Waals surface area (Å²) in [5, 5.41) is 8.56. The van der Waals surface area contributed by atoms with Crippen molar-refractivity contribution in [2.24, 2.45) is 17.8 Å². The van der Waals surface area contributed by atoms with E-state index < -0.39 is 0 Å². The maximum absolute atomic E-state index is 13.8. The van der Waals surface area contributed by atoms with Crippen LogP contribution in [0.1, 0.15) is 66.9 Å². The third kappa shape index (κ3) is 3.12. The first kappa shape index (κ1) is 19.6. The molecule has 33 heavy (non-hydrogen) atoms. The van der Waals surface area contributed by atoms with Crippen LogP contribution in [0.3, 0.4) is 0 Å². The van der Waals surface area contributed by atoms with Crippen molar-refractivity contribution in [1.82, 2.24) is 20.4 Å². The van der Waals surface area contributed by atoms with Gasteiger partial charge in [0.15, 0.2) is 0 Å². The Kier molecular flexibility index (Phi) is 4.23. The van der Waals surface area contributed by atoms with Gasteiger partial charge in [-0.05, 0) is 80.9 Å². The van der Waals surface area contributed by atoms with Gasteiger partial charge in [-0.1, -0.05) is 5.16 Å². The molecular weight excluding hydrogens is 416 g/mol. The van der Waals surface area contributed by atoms with E-state index >= 15 is 0 Å². The molecule has 7 nitrogen and oxygen atoms in total. The van der Waals surface area contributed by atoms with Crippen LogP contribution in [0, 0.1) is 17.8 Å². The lowest BCUT2D eigenvalue weighted by Crippen LogP contribution is -2.62. The quantitative estimate of drug-likeness (QED) is 0.624. The summed E-state index contributed by atoms with van der Waals surface area (Å²) >= 11 is 0. The van der Waals surface area contributed by atoms with Crippen LogP contribution in [0.5, 0.6) is 0 Å². The number of aromatic nitrogens is 3. The molecule has 3 aromatic heterocycles. The minimum atomic E-state index is -0.0402. The zero-order valence-electron chi connectivity index (χ0n) is 18.8. The van der Waals surface area contributed by atoms with Gasteiger partial charge in [0.2, 0.25) is 0 Å². The van der Waals surface area contributed by atoms with Gasteiger partial charge in [-0.25, -0.2) is 4.98 Å². The Morgan fingerprint density at radius 2 is 2.03 bits per heavy atom. The number of nitrogens with zero attached hydrogens (tertiary/aromatic N) is 3. The molecule has 1 N–H and O–H groups in total. The molecule has 2 atom stereocenters. The molecule has 1 amide bonds. The lowest BCUT2D eigenvalue weighted by atomic mass is 9.52. The van der Waals surface area contributed by atoms with Crippen LogP contribution in [0.25, 0.3) is 22.4 Å². The maximum atomic E-state index is 13.8. The molecule has 8 rings (SSSR count). The van der Waals surface area contributed by atoms with E-state index in [0.29, 0.717) is 34.7 Å². The molecule has 4 bridgehead atoms. The van der Waals surface area contributed by atoms with Gasteiger partial charge in [-0.3, -0.25) is 9.78 Å². The molecule has 5 fully saturated rings. The number of methoxy groups -OCH3 is 1. The minimum Gasteiger partial charge on any atom is -0.378 e. The van der Waals surface area contributed by atoms with E-state index in [1.807, 2.05) is 25.3 Å². The molecule has 0 saturated heterocycles. The second-order valence-corrected chi connectivity index (χ2v) is 10.7. The van der Waals surface area contributed by atoms with Crippen LogP contribution in [-0.4, -0.2) is 39.8 Å². The average Bonchev–Trinajstić information content (AvgIpc) is 3.59. The average molecular weight is 445 g/mol. The molecule has 170 valence electrons. The Balaban J connectivity index is 1.26. The monoisotopic (exact) mass is 444 g/mol. The summed E-state index contributed by atoms with van der Waals surface area (Å²) in [5.41, 5.74) is 3.51. The Bertz CT molecular complexity index is 1220. The summed E-state index contributed by atoms with van der Waals surface area (Å²) in [6, 6.07) is 5.91. The number of hydrogen-bond donors (Lipinski definition) is 1. The van der Waals surface area contributed by atoms with Crippen LogP contribution >= 0.6 is 0 Å². The number of hydrogen-bond acceptors (Lipinski definition) is 6. The lowest BCUT2D eigenvalue weighted by molar-refractivity contribution is -0.156. The number of rotatable bonds is 5. The number of nitrogens with one attached hydrogen (secondary N) is 1. The molecule has 7 heteroatoms. The normalized spacial score (nSPS) is 32.4. The molecule has 3 aromatic rings. The van der Waals surface area contributed by atoms with E-state index in [-0.39, 0.29) is 17.6 Å². The van der Waals surface area contributed by atoms with E-state index in [9.17, 15) is 4.79 Å². The fourth-order valence-electron chi connectivity index (χ4n) is 7.11. The summed E-state index contributed by atoms with van der Waals surface area (Å²) in [4.78, 5) is 22.7. The van der Waals surface area contributed by atoms with Crippen LogP contribution < -0.4 is 5.32 Å². The first-order chi connectivity index (χ1) is 16.1. The fraction of sp³-hybridized carbons (Fsp3) is 0.538. The number of carbonyl (C=O) groups excluding carboxylic acids is 1. The number of fused-ring (bicyclic) bond motifs is 1.